The van der Waals surface area contributed by atoms with Crippen LogP contribution in [0.1, 0.15) is 16.8 Å². The zero-order valence-corrected chi connectivity index (χ0v) is 11.9. The van der Waals surface area contributed by atoms with E-state index in [0.717, 1.165) is 8.04 Å². The molecule has 86 valence electrons. The smallest absolute Gasteiger partial charge is 0.305 e. The van der Waals surface area contributed by atoms with Crippen LogP contribution in [0.2, 0.25) is 0 Å². The molecule has 0 heterocycles. The maximum Gasteiger partial charge on any atom is 0.305 e. The van der Waals surface area contributed by atoms with Gasteiger partial charge in [0.2, 0.25) is 0 Å². The first-order valence-corrected chi connectivity index (χ1v) is 6.33. The van der Waals surface area contributed by atoms with E-state index in [1.54, 1.807) is 6.07 Å². The van der Waals surface area contributed by atoms with Gasteiger partial charge in [0.25, 0.3) is 5.91 Å². The summed E-state index contributed by atoms with van der Waals surface area (Å²) in [5, 5.41) is 11.0. The van der Waals surface area contributed by atoms with Crippen LogP contribution in [0, 0.1) is 3.57 Å². The number of aliphatic carboxylic acids is 1. The van der Waals surface area contributed by atoms with Crippen LogP contribution in [0.25, 0.3) is 0 Å². The number of carboxylic acid groups (broad SMARTS) is 1. The summed E-state index contributed by atoms with van der Waals surface area (Å²) in [5.74, 6) is -1.18. The average Bonchev–Trinajstić information content (AvgIpc) is 2.21. The fourth-order valence-electron chi connectivity index (χ4n) is 1.05. The summed E-state index contributed by atoms with van der Waals surface area (Å²) < 4.78 is 1.64. The molecule has 0 saturated carbocycles. The third-order valence-electron chi connectivity index (χ3n) is 1.80. The molecular formula is C10H9BrINO3. The minimum atomic E-state index is -0.927. The molecule has 6 heteroatoms. The van der Waals surface area contributed by atoms with Gasteiger partial charge in [0.15, 0.2) is 0 Å². The lowest BCUT2D eigenvalue weighted by atomic mass is 10.2. The SMILES string of the molecule is O=C(O)CCNC(=O)c1cc(Br)ccc1I. The van der Waals surface area contributed by atoms with Crippen LogP contribution in [-0.4, -0.2) is 23.5 Å². The number of halogens is 2. The van der Waals surface area contributed by atoms with Gasteiger partial charge in [0, 0.05) is 14.6 Å². The first kappa shape index (κ1) is 13.4. The Morgan fingerprint density at radius 2 is 2.12 bits per heavy atom. The predicted molar refractivity (Wildman–Crippen MR) is 71.4 cm³/mol. The van der Waals surface area contributed by atoms with E-state index in [1.165, 1.54) is 0 Å². The van der Waals surface area contributed by atoms with Crippen LogP contribution in [-0.2, 0) is 4.79 Å². The van der Waals surface area contributed by atoms with Crippen LogP contribution in [0.4, 0.5) is 0 Å². The highest BCUT2D eigenvalue weighted by Gasteiger charge is 2.10. The Labute approximate surface area is 115 Å². The number of rotatable bonds is 4. The van der Waals surface area contributed by atoms with Gasteiger partial charge in [-0.3, -0.25) is 9.59 Å². The van der Waals surface area contributed by atoms with Crippen LogP contribution in [0.5, 0.6) is 0 Å². The van der Waals surface area contributed by atoms with E-state index in [-0.39, 0.29) is 18.9 Å². The van der Waals surface area contributed by atoms with E-state index in [9.17, 15) is 9.59 Å². The van der Waals surface area contributed by atoms with Gasteiger partial charge >= 0.3 is 5.97 Å². The van der Waals surface area contributed by atoms with Crippen molar-refractivity contribution in [2.45, 2.75) is 6.42 Å². The summed E-state index contributed by atoms with van der Waals surface area (Å²) in [6, 6.07) is 5.37. The molecule has 0 unspecified atom stereocenters. The molecule has 0 radical (unpaired) electrons. The molecule has 1 amide bonds. The molecule has 0 atom stereocenters. The highest BCUT2D eigenvalue weighted by Crippen LogP contribution is 2.18. The Kier molecular flexibility index (Phi) is 5.20. The van der Waals surface area contributed by atoms with E-state index in [2.05, 4.69) is 43.8 Å². The molecule has 0 spiro atoms. The van der Waals surface area contributed by atoms with E-state index in [4.69, 9.17) is 5.11 Å². The first-order chi connectivity index (χ1) is 7.50. The number of benzene rings is 1. The van der Waals surface area contributed by atoms with E-state index in [1.807, 2.05) is 12.1 Å². The van der Waals surface area contributed by atoms with Crippen molar-refractivity contribution >= 4 is 50.4 Å². The van der Waals surface area contributed by atoms with E-state index < -0.39 is 5.97 Å². The maximum absolute atomic E-state index is 11.7. The minimum absolute atomic E-state index is 0.0731. The number of nitrogens with one attached hydrogen (secondary N) is 1. The number of carboxylic acids is 1. The molecule has 0 aliphatic carbocycles. The van der Waals surface area contributed by atoms with Gasteiger partial charge < -0.3 is 10.4 Å². The number of hydrogen-bond donors (Lipinski definition) is 2. The van der Waals surface area contributed by atoms with Crippen LogP contribution >= 0.6 is 38.5 Å². The second kappa shape index (κ2) is 6.19. The summed E-state index contributed by atoms with van der Waals surface area (Å²) in [5.41, 5.74) is 0.542. The Morgan fingerprint density at radius 3 is 2.75 bits per heavy atom. The third kappa shape index (κ3) is 4.09. The molecule has 2 N–H and O–H groups in total. The number of carbonyl (C=O) groups excluding carboxylic acids is 1. The van der Waals surface area contributed by atoms with Crippen molar-refractivity contribution in [2.24, 2.45) is 0 Å². The molecule has 0 saturated heterocycles. The molecule has 0 aliphatic heterocycles. The van der Waals surface area contributed by atoms with E-state index in [0.29, 0.717) is 5.56 Å². The second-order valence-electron chi connectivity index (χ2n) is 3.02. The third-order valence-corrected chi connectivity index (χ3v) is 3.23. The van der Waals surface area contributed by atoms with Crippen molar-refractivity contribution in [3.63, 3.8) is 0 Å². The van der Waals surface area contributed by atoms with Gasteiger partial charge in [-0.05, 0) is 40.8 Å². The average molecular weight is 398 g/mol. The predicted octanol–water partition coefficient (Wildman–Crippen LogP) is 2.26. The number of hydrogen-bond acceptors (Lipinski definition) is 2. The van der Waals surface area contributed by atoms with E-state index >= 15 is 0 Å². The zero-order valence-electron chi connectivity index (χ0n) is 8.17. The molecule has 0 aliphatic rings. The summed E-state index contributed by atoms with van der Waals surface area (Å²) in [6.07, 6.45) is -0.0731. The highest BCUT2D eigenvalue weighted by molar-refractivity contribution is 14.1. The lowest BCUT2D eigenvalue weighted by molar-refractivity contribution is -0.136. The largest absolute Gasteiger partial charge is 0.481 e. The summed E-state index contributed by atoms with van der Waals surface area (Å²) in [7, 11) is 0. The van der Waals surface area contributed by atoms with Gasteiger partial charge in [-0.25, -0.2) is 0 Å². The van der Waals surface area contributed by atoms with Crippen molar-refractivity contribution in [1.29, 1.82) is 0 Å². The zero-order chi connectivity index (χ0) is 12.1. The number of carbonyl (C=O) groups is 2. The lowest BCUT2D eigenvalue weighted by Gasteiger charge is -2.06. The highest BCUT2D eigenvalue weighted by atomic mass is 127. The van der Waals surface area contributed by atoms with Crippen molar-refractivity contribution in [3.8, 4) is 0 Å². The standard InChI is InChI=1S/C10H9BrINO3/c11-6-1-2-8(12)7(5-6)10(16)13-4-3-9(14)15/h1-2,5H,3-4H2,(H,13,16)(H,14,15). The molecule has 4 nitrogen and oxygen atoms in total. The fraction of sp³-hybridized carbons (Fsp3) is 0.200. The summed E-state index contributed by atoms with van der Waals surface area (Å²) in [4.78, 5) is 21.9. The molecule has 0 fully saturated rings. The topological polar surface area (TPSA) is 66.4 Å². The molecule has 1 aromatic carbocycles. The monoisotopic (exact) mass is 397 g/mol. The van der Waals surface area contributed by atoms with Gasteiger partial charge in [-0.15, -0.1) is 0 Å². The van der Waals surface area contributed by atoms with Crippen LogP contribution in [0.15, 0.2) is 22.7 Å². The van der Waals surface area contributed by atoms with Crippen molar-refractivity contribution in [2.75, 3.05) is 6.54 Å². The Balaban J connectivity index is 2.65. The lowest BCUT2D eigenvalue weighted by Crippen LogP contribution is -2.26. The van der Waals surface area contributed by atoms with Gasteiger partial charge in [-0.1, -0.05) is 15.9 Å². The first-order valence-electron chi connectivity index (χ1n) is 4.45. The molecular weight excluding hydrogens is 389 g/mol. The fourth-order valence-corrected chi connectivity index (χ4v) is 1.99. The van der Waals surface area contributed by atoms with Crippen molar-refractivity contribution < 1.29 is 14.7 Å². The molecule has 0 bridgehead atoms. The molecule has 16 heavy (non-hydrogen) atoms. The normalized spacial score (nSPS) is 9.88. The van der Waals surface area contributed by atoms with Gasteiger partial charge in [0.1, 0.15) is 0 Å². The second-order valence-corrected chi connectivity index (χ2v) is 5.10. The Bertz CT molecular complexity index is 423. The Hall–Kier alpha value is -0.630. The Morgan fingerprint density at radius 1 is 1.44 bits per heavy atom. The van der Waals surface area contributed by atoms with Crippen molar-refractivity contribution in [1.82, 2.24) is 5.32 Å². The maximum atomic E-state index is 11.7. The van der Waals surface area contributed by atoms with Gasteiger partial charge in [0.05, 0.1) is 12.0 Å². The van der Waals surface area contributed by atoms with Gasteiger partial charge in [-0.2, -0.15) is 0 Å². The van der Waals surface area contributed by atoms with Crippen LogP contribution < -0.4 is 5.32 Å². The summed E-state index contributed by atoms with van der Waals surface area (Å²) in [6.45, 7) is 0.136. The molecule has 1 aromatic rings. The summed E-state index contributed by atoms with van der Waals surface area (Å²) >= 11 is 5.34. The molecule has 1 rings (SSSR count). The quantitative estimate of drug-likeness (QED) is 0.766. The molecule has 0 aromatic heterocycles. The number of amides is 1. The van der Waals surface area contributed by atoms with Crippen LogP contribution in [0.3, 0.4) is 0 Å². The minimum Gasteiger partial charge on any atom is -0.481 e. The van der Waals surface area contributed by atoms with Crippen molar-refractivity contribution in [3.05, 3.63) is 31.8 Å².